The van der Waals surface area contributed by atoms with Crippen molar-refractivity contribution in [1.82, 2.24) is 9.97 Å². The van der Waals surface area contributed by atoms with Crippen molar-refractivity contribution < 1.29 is 5.11 Å². The zero-order valence-electron chi connectivity index (χ0n) is 8.36. The highest BCUT2D eigenvalue weighted by molar-refractivity contribution is 9.10. The van der Waals surface area contributed by atoms with Crippen LogP contribution in [0.15, 0.2) is 17.0 Å². The Morgan fingerprint density at radius 2 is 2.33 bits per heavy atom. The summed E-state index contributed by atoms with van der Waals surface area (Å²) in [6.07, 6.45) is 4.90. The van der Waals surface area contributed by atoms with E-state index in [0.717, 1.165) is 23.3 Å². The summed E-state index contributed by atoms with van der Waals surface area (Å²) in [7, 11) is 0. The van der Waals surface area contributed by atoms with E-state index >= 15 is 0 Å². The van der Waals surface area contributed by atoms with E-state index in [1.54, 1.807) is 0 Å². The Balaban J connectivity index is 2.02. The molecule has 5 heteroatoms. The SMILES string of the molecule is OCC1CCCC1Nc1cc(Br)ncn1. The second-order valence-electron chi connectivity index (χ2n) is 3.85. The van der Waals surface area contributed by atoms with Crippen molar-refractivity contribution >= 4 is 21.7 Å². The summed E-state index contributed by atoms with van der Waals surface area (Å²) < 4.78 is 0.776. The van der Waals surface area contributed by atoms with Gasteiger partial charge in [0.15, 0.2) is 0 Å². The maximum Gasteiger partial charge on any atom is 0.130 e. The van der Waals surface area contributed by atoms with E-state index in [1.807, 2.05) is 6.07 Å². The van der Waals surface area contributed by atoms with Gasteiger partial charge in [-0.15, -0.1) is 0 Å². The molecule has 1 aromatic heterocycles. The van der Waals surface area contributed by atoms with Crippen LogP contribution in [0.3, 0.4) is 0 Å². The van der Waals surface area contributed by atoms with Crippen LogP contribution in [0.4, 0.5) is 5.82 Å². The number of aliphatic hydroxyl groups excluding tert-OH is 1. The van der Waals surface area contributed by atoms with Crippen LogP contribution in [0.1, 0.15) is 19.3 Å². The molecule has 0 radical (unpaired) electrons. The largest absolute Gasteiger partial charge is 0.396 e. The molecule has 1 heterocycles. The minimum absolute atomic E-state index is 0.254. The molecule has 1 aliphatic carbocycles. The lowest BCUT2D eigenvalue weighted by atomic mass is 10.1. The van der Waals surface area contributed by atoms with Crippen LogP contribution in [0, 0.1) is 5.92 Å². The fraction of sp³-hybridized carbons (Fsp3) is 0.600. The first-order valence-corrected chi connectivity index (χ1v) is 5.94. The third kappa shape index (κ3) is 2.66. The number of anilines is 1. The van der Waals surface area contributed by atoms with Gasteiger partial charge in [0.2, 0.25) is 0 Å². The molecule has 0 aromatic carbocycles. The van der Waals surface area contributed by atoms with Crippen molar-refractivity contribution in [1.29, 1.82) is 0 Å². The predicted molar refractivity (Wildman–Crippen MR) is 61.6 cm³/mol. The van der Waals surface area contributed by atoms with Crippen molar-refractivity contribution in [3.05, 3.63) is 17.0 Å². The van der Waals surface area contributed by atoms with E-state index in [-0.39, 0.29) is 6.61 Å². The molecule has 0 amide bonds. The number of halogens is 1. The lowest BCUT2D eigenvalue weighted by Crippen LogP contribution is -2.26. The average Bonchev–Trinajstić information content (AvgIpc) is 2.65. The third-order valence-corrected chi connectivity index (χ3v) is 3.29. The third-order valence-electron chi connectivity index (χ3n) is 2.86. The van der Waals surface area contributed by atoms with Crippen molar-refractivity contribution in [2.24, 2.45) is 5.92 Å². The Bertz CT molecular complexity index is 334. The van der Waals surface area contributed by atoms with Crippen molar-refractivity contribution in [2.75, 3.05) is 11.9 Å². The fourth-order valence-corrected chi connectivity index (χ4v) is 2.36. The van der Waals surface area contributed by atoms with Gasteiger partial charge in [-0.1, -0.05) is 6.42 Å². The van der Waals surface area contributed by atoms with Gasteiger partial charge in [0.25, 0.3) is 0 Å². The van der Waals surface area contributed by atoms with Gasteiger partial charge in [0, 0.05) is 24.6 Å². The fourth-order valence-electron chi connectivity index (χ4n) is 2.05. The molecule has 2 atom stereocenters. The van der Waals surface area contributed by atoms with Crippen molar-refractivity contribution in [3.63, 3.8) is 0 Å². The molecule has 82 valence electrons. The van der Waals surface area contributed by atoms with Gasteiger partial charge in [-0.25, -0.2) is 9.97 Å². The van der Waals surface area contributed by atoms with Crippen molar-refractivity contribution in [2.45, 2.75) is 25.3 Å². The number of rotatable bonds is 3. The number of aromatic nitrogens is 2. The van der Waals surface area contributed by atoms with E-state index in [0.29, 0.717) is 12.0 Å². The highest BCUT2D eigenvalue weighted by atomic mass is 79.9. The smallest absolute Gasteiger partial charge is 0.130 e. The maximum atomic E-state index is 9.19. The zero-order valence-corrected chi connectivity index (χ0v) is 9.94. The quantitative estimate of drug-likeness (QED) is 0.824. The van der Waals surface area contributed by atoms with Crippen molar-refractivity contribution in [3.8, 4) is 0 Å². The van der Waals surface area contributed by atoms with Crippen LogP contribution in [-0.4, -0.2) is 27.7 Å². The first kappa shape index (κ1) is 10.8. The predicted octanol–water partition coefficient (Wildman–Crippen LogP) is 1.81. The van der Waals surface area contributed by atoms with E-state index in [2.05, 4.69) is 31.2 Å². The second-order valence-corrected chi connectivity index (χ2v) is 4.66. The van der Waals surface area contributed by atoms with Gasteiger partial charge in [0.1, 0.15) is 16.7 Å². The summed E-state index contributed by atoms with van der Waals surface area (Å²) in [5.41, 5.74) is 0. The number of nitrogens with one attached hydrogen (secondary N) is 1. The molecule has 0 spiro atoms. The molecule has 0 saturated heterocycles. The van der Waals surface area contributed by atoms with E-state index < -0.39 is 0 Å². The minimum atomic E-state index is 0.254. The highest BCUT2D eigenvalue weighted by Crippen LogP contribution is 2.27. The molecule has 2 unspecified atom stereocenters. The van der Waals surface area contributed by atoms with Gasteiger partial charge in [-0.2, -0.15) is 0 Å². The van der Waals surface area contributed by atoms with Crippen LogP contribution in [0.2, 0.25) is 0 Å². The molecule has 1 aliphatic rings. The summed E-state index contributed by atoms with van der Waals surface area (Å²) >= 11 is 3.30. The van der Waals surface area contributed by atoms with E-state index in [4.69, 9.17) is 0 Å². The topological polar surface area (TPSA) is 58.0 Å². The Kier molecular flexibility index (Phi) is 3.53. The molecule has 4 nitrogen and oxygen atoms in total. The van der Waals surface area contributed by atoms with Crippen LogP contribution >= 0.6 is 15.9 Å². The Hall–Kier alpha value is -0.680. The molecular weight excluding hydrogens is 258 g/mol. The lowest BCUT2D eigenvalue weighted by molar-refractivity contribution is 0.222. The molecule has 15 heavy (non-hydrogen) atoms. The zero-order chi connectivity index (χ0) is 10.7. The highest BCUT2D eigenvalue weighted by Gasteiger charge is 2.26. The Morgan fingerprint density at radius 3 is 3.07 bits per heavy atom. The maximum absolute atomic E-state index is 9.19. The molecule has 0 bridgehead atoms. The van der Waals surface area contributed by atoms with Crippen LogP contribution in [0.25, 0.3) is 0 Å². The standard InChI is InChI=1S/C10H14BrN3O/c11-9-4-10(13-6-12-9)14-8-3-1-2-7(8)5-15/h4,6-8,15H,1-3,5H2,(H,12,13,14). The van der Waals surface area contributed by atoms with Gasteiger partial charge in [-0.05, 0) is 28.8 Å². The monoisotopic (exact) mass is 271 g/mol. The molecule has 2 N–H and O–H groups in total. The van der Waals surface area contributed by atoms with E-state index in [1.165, 1.54) is 12.7 Å². The summed E-state index contributed by atoms with van der Waals surface area (Å²) in [4.78, 5) is 8.11. The van der Waals surface area contributed by atoms with Gasteiger partial charge >= 0.3 is 0 Å². The summed E-state index contributed by atoms with van der Waals surface area (Å²) in [5, 5.41) is 12.5. The average molecular weight is 272 g/mol. The second kappa shape index (κ2) is 4.90. The van der Waals surface area contributed by atoms with Crippen LogP contribution in [0.5, 0.6) is 0 Å². The Labute approximate surface area is 97.3 Å². The summed E-state index contributed by atoms with van der Waals surface area (Å²) in [6.45, 7) is 0.254. The summed E-state index contributed by atoms with van der Waals surface area (Å²) in [5.74, 6) is 1.18. The molecule has 1 saturated carbocycles. The first-order chi connectivity index (χ1) is 7.29. The lowest BCUT2D eigenvalue weighted by Gasteiger charge is -2.19. The molecular formula is C10H14BrN3O. The van der Waals surface area contributed by atoms with Crippen LogP contribution < -0.4 is 5.32 Å². The number of aliphatic hydroxyl groups is 1. The first-order valence-electron chi connectivity index (χ1n) is 5.14. The van der Waals surface area contributed by atoms with Gasteiger partial charge in [0.05, 0.1) is 0 Å². The van der Waals surface area contributed by atoms with Crippen LogP contribution in [-0.2, 0) is 0 Å². The number of nitrogens with zero attached hydrogens (tertiary/aromatic N) is 2. The number of hydrogen-bond donors (Lipinski definition) is 2. The molecule has 1 aromatic rings. The molecule has 2 rings (SSSR count). The molecule has 1 fully saturated rings. The normalized spacial score (nSPS) is 25.5. The van der Waals surface area contributed by atoms with Gasteiger partial charge in [-0.3, -0.25) is 0 Å². The molecule has 0 aliphatic heterocycles. The Morgan fingerprint density at radius 1 is 1.47 bits per heavy atom. The number of hydrogen-bond acceptors (Lipinski definition) is 4. The van der Waals surface area contributed by atoms with Gasteiger partial charge < -0.3 is 10.4 Å². The summed E-state index contributed by atoms with van der Waals surface area (Å²) in [6, 6.07) is 2.20. The minimum Gasteiger partial charge on any atom is -0.396 e. The van der Waals surface area contributed by atoms with E-state index in [9.17, 15) is 5.11 Å².